The number of carbonyl (C=O) groups is 3. The maximum atomic E-state index is 12.5. The van der Waals surface area contributed by atoms with Crippen molar-refractivity contribution in [3.8, 4) is 5.75 Å². The molecule has 0 radical (unpaired) electrons. The average Bonchev–Trinajstić information content (AvgIpc) is 2.55. The number of hydrogen-bond acceptors (Lipinski definition) is 4. The minimum Gasteiger partial charge on any atom is -0.483 e. The fraction of sp³-hybridized carbons (Fsp3) is 0.526. The van der Waals surface area contributed by atoms with Gasteiger partial charge in [0, 0.05) is 20.0 Å². The van der Waals surface area contributed by atoms with E-state index in [0.29, 0.717) is 5.75 Å². The molecule has 7 heteroatoms. The first kappa shape index (κ1) is 21.5. The monoisotopic (exact) mass is 364 g/mol. The Labute approximate surface area is 154 Å². The number of benzene rings is 1. The van der Waals surface area contributed by atoms with Crippen molar-refractivity contribution in [2.45, 2.75) is 46.6 Å². The van der Waals surface area contributed by atoms with Gasteiger partial charge < -0.3 is 20.1 Å². The molecular weight excluding hydrogens is 336 g/mol. The molecule has 1 atom stereocenters. The zero-order valence-corrected chi connectivity index (χ0v) is 16.0. The number of nitrogens with one attached hydrogen (secondary N) is 1. The van der Waals surface area contributed by atoms with Crippen molar-refractivity contribution in [3.05, 3.63) is 29.3 Å². The van der Waals surface area contributed by atoms with Crippen LogP contribution in [0.3, 0.4) is 0 Å². The number of rotatable bonds is 9. The van der Waals surface area contributed by atoms with E-state index in [0.717, 1.165) is 11.1 Å². The lowest BCUT2D eigenvalue weighted by molar-refractivity contribution is -0.150. The molecule has 0 spiro atoms. The summed E-state index contributed by atoms with van der Waals surface area (Å²) in [6, 6.07) is 4.80. The summed E-state index contributed by atoms with van der Waals surface area (Å²) in [4.78, 5) is 36.0. The fourth-order valence-corrected chi connectivity index (χ4v) is 2.49. The van der Waals surface area contributed by atoms with Gasteiger partial charge in [0.1, 0.15) is 11.8 Å². The normalized spacial score (nSPS) is 11.8. The van der Waals surface area contributed by atoms with Crippen LogP contribution in [0, 0.1) is 6.92 Å². The summed E-state index contributed by atoms with van der Waals surface area (Å²) in [6.07, 6.45) is 0. The summed E-state index contributed by atoms with van der Waals surface area (Å²) < 4.78 is 5.71. The molecule has 26 heavy (non-hydrogen) atoms. The summed E-state index contributed by atoms with van der Waals surface area (Å²) in [6.45, 7) is 8.81. The third kappa shape index (κ3) is 6.38. The van der Waals surface area contributed by atoms with Crippen molar-refractivity contribution in [2.24, 2.45) is 0 Å². The van der Waals surface area contributed by atoms with E-state index in [1.807, 2.05) is 39.0 Å². The number of carboxylic acid groups (broad SMARTS) is 1. The van der Waals surface area contributed by atoms with Crippen LogP contribution in [0.5, 0.6) is 5.75 Å². The number of aliphatic carboxylic acids is 1. The third-order valence-corrected chi connectivity index (χ3v) is 4.01. The maximum Gasteiger partial charge on any atom is 0.326 e. The highest BCUT2D eigenvalue weighted by atomic mass is 16.5. The summed E-state index contributed by atoms with van der Waals surface area (Å²) in [5.41, 5.74) is 2.00. The molecule has 0 aliphatic rings. The number of carbonyl (C=O) groups excluding carboxylic acids is 2. The average molecular weight is 364 g/mol. The molecule has 2 N–H and O–H groups in total. The van der Waals surface area contributed by atoms with E-state index in [2.05, 4.69) is 5.32 Å². The molecule has 0 aromatic heterocycles. The first-order valence-electron chi connectivity index (χ1n) is 8.63. The van der Waals surface area contributed by atoms with Gasteiger partial charge in [-0.05, 0) is 37.0 Å². The van der Waals surface area contributed by atoms with E-state index < -0.39 is 17.9 Å². The highest BCUT2D eigenvalue weighted by Gasteiger charge is 2.26. The first-order chi connectivity index (χ1) is 12.1. The second-order valence-electron chi connectivity index (χ2n) is 6.57. The van der Waals surface area contributed by atoms with E-state index in [9.17, 15) is 19.5 Å². The van der Waals surface area contributed by atoms with Gasteiger partial charge >= 0.3 is 5.97 Å². The molecule has 0 fully saturated rings. The third-order valence-electron chi connectivity index (χ3n) is 4.01. The topological polar surface area (TPSA) is 95.9 Å². The minimum absolute atomic E-state index is 0.0973. The Kier molecular flexibility index (Phi) is 8.09. The second-order valence-corrected chi connectivity index (χ2v) is 6.57. The fourth-order valence-electron chi connectivity index (χ4n) is 2.49. The molecule has 0 aliphatic heterocycles. The van der Waals surface area contributed by atoms with E-state index in [1.165, 1.54) is 18.7 Å². The van der Waals surface area contributed by atoms with Crippen molar-refractivity contribution < 1.29 is 24.2 Å². The lowest BCUT2D eigenvalue weighted by Crippen LogP contribution is -2.48. The highest BCUT2D eigenvalue weighted by molar-refractivity contribution is 5.84. The van der Waals surface area contributed by atoms with Crippen LogP contribution in [0.2, 0.25) is 0 Å². The first-order valence-corrected chi connectivity index (χ1v) is 8.63. The smallest absolute Gasteiger partial charge is 0.326 e. The number of nitrogens with zero attached hydrogens (tertiary/aromatic N) is 1. The Balaban J connectivity index is 2.84. The molecule has 1 unspecified atom stereocenters. The zero-order valence-electron chi connectivity index (χ0n) is 16.0. The lowest BCUT2D eigenvalue weighted by Gasteiger charge is -2.27. The molecule has 0 saturated heterocycles. The van der Waals surface area contributed by atoms with E-state index in [-0.39, 0.29) is 31.5 Å². The Hall–Kier alpha value is -2.57. The SMILES string of the molecule is CC(=O)NCCN(C(=O)COc1cc(C)ccc1C(C)C)C(C)C(=O)O. The van der Waals surface area contributed by atoms with Crippen LogP contribution in [0.4, 0.5) is 0 Å². The molecular formula is C19H28N2O5. The van der Waals surface area contributed by atoms with Crippen LogP contribution in [0.15, 0.2) is 18.2 Å². The van der Waals surface area contributed by atoms with Gasteiger partial charge in [-0.3, -0.25) is 9.59 Å². The zero-order chi connectivity index (χ0) is 19.9. The van der Waals surface area contributed by atoms with Crippen LogP contribution < -0.4 is 10.1 Å². The van der Waals surface area contributed by atoms with Crippen molar-refractivity contribution in [2.75, 3.05) is 19.7 Å². The Morgan fingerprint density at radius 3 is 2.42 bits per heavy atom. The van der Waals surface area contributed by atoms with E-state index in [4.69, 9.17) is 4.74 Å². The van der Waals surface area contributed by atoms with Gasteiger partial charge in [-0.2, -0.15) is 0 Å². The predicted molar refractivity (Wildman–Crippen MR) is 98.3 cm³/mol. The molecule has 2 amide bonds. The van der Waals surface area contributed by atoms with Crippen LogP contribution in [0.25, 0.3) is 0 Å². The number of amides is 2. The molecule has 1 aromatic carbocycles. The molecule has 144 valence electrons. The van der Waals surface area contributed by atoms with Crippen molar-refractivity contribution in [1.82, 2.24) is 10.2 Å². The van der Waals surface area contributed by atoms with Crippen LogP contribution in [-0.2, 0) is 14.4 Å². The summed E-state index contributed by atoms with van der Waals surface area (Å²) in [5, 5.41) is 11.8. The molecule has 0 saturated carbocycles. The Morgan fingerprint density at radius 2 is 1.88 bits per heavy atom. The van der Waals surface area contributed by atoms with Crippen LogP contribution >= 0.6 is 0 Å². The molecule has 0 bridgehead atoms. The van der Waals surface area contributed by atoms with Gasteiger partial charge in [0.25, 0.3) is 5.91 Å². The lowest BCUT2D eigenvalue weighted by atomic mass is 10.0. The van der Waals surface area contributed by atoms with E-state index in [1.54, 1.807) is 0 Å². The van der Waals surface area contributed by atoms with Crippen molar-refractivity contribution >= 4 is 17.8 Å². The number of hydrogen-bond donors (Lipinski definition) is 2. The van der Waals surface area contributed by atoms with Gasteiger partial charge in [0.2, 0.25) is 5.91 Å². The van der Waals surface area contributed by atoms with Crippen molar-refractivity contribution in [1.29, 1.82) is 0 Å². The molecule has 0 heterocycles. The Bertz CT molecular complexity index is 657. The molecule has 0 aliphatic carbocycles. The van der Waals surface area contributed by atoms with Crippen LogP contribution in [0.1, 0.15) is 44.7 Å². The largest absolute Gasteiger partial charge is 0.483 e. The number of aryl methyl sites for hydroxylation is 1. The number of carboxylic acids is 1. The van der Waals surface area contributed by atoms with Gasteiger partial charge in [0.15, 0.2) is 6.61 Å². The van der Waals surface area contributed by atoms with Gasteiger partial charge in [0.05, 0.1) is 0 Å². The van der Waals surface area contributed by atoms with Crippen molar-refractivity contribution in [3.63, 3.8) is 0 Å². The van der Waals surface area contributed by atoms with Crippen LogP contribution in [-0.4, -0.2) is 53.5 Å². The van der Waals surface area contributed by atoms with Gasteiger partial charge in [-0.15, -0.1) is 0 Å². The van der Waals surface area contributed by atoms with Gasteiger partial charge in [-0.25, -0.2) is 4.79 Å². The van der Waals surface area contributed by atoms with E-state index >= 15 is 0 Å². The minimum atomic E-state index is -1.11. The molecule has 1 aromatic rings. The summed E-state index contributed by atoms with van der Waals surface area (Å²) >= 11 is 0. The Morgan fingerprint density at radius 1 is 1.23 bits per heavy atom. The summed E-state index contributed by atoms with van der Waals surface area (Å²) in [5.74, 6) is -0.938. The molecule has 1 rings (SSSR count). The summed E-state index contributed by atoms with van der Waals surface area (Å²) in [7, 11) is 0. The quantitative estimate of drug-likeness (QED) is 0.698. The number of ether oxygens (including phenoxy) is 1. The van der Waals surface area contributed by atoms with Gasteiger partial charge in [-0.1, -0.05) is 26.0 Å². The maximum absolute atomic E-state index is 12.5. The standard InChI is InChI=1S/C19H28N2O5/c1-12(2)16-7-6-13(3)10-17(16)26-11-18(23)21(14(4)19(24)25)9-8-20-15(5)22/h6-7,10,12,14H,8-9,11H2,1-5H3,(H,20,22)(H,24,25). The predicted octanol–water partition coefficient (Wildman–Crippen LogP) is 1.94. The molecule has 7 nitrogen and oxygen atoms in total. The second kappa shape index (κ2) is 9.79. The highest BCUT2D eigenvalue weighted by Crippen LogP contribution is 2.27.